The van der Waals surface area contributed by atoms with Crippen LogP contribution in [-0.4, -0.2) is 18.9 Å². The number of carbonyl (C=O) groups is 1. The third kappa shape index (κ3) is 4.88. The van der Waals surface area contributed by atoms with E-state index in [4.69, 9.17) is 5.26 Å². The van der Waals surface area contributed by atoms with Crippen molar-refractivity contribution in [1.82, 2.24) is 0 Å². The van der Waals surface area contributed by atoms with Crippen LogP contribution in [0.3, 0.4) is 0 Å². The Hall–Kier alpha value is -2.23. The highest BCUT2D eigenvalue weighted by Gasteiger charge is 2.29. The van der Waals surface area contributed by atoms with E-state index in [1.54, 1.807) is 0 Å². The predicted octanol–water partition coefficient (Wildman–Crippen LogP) is 2.67. The third-order valence-electron chi connectivity index (χ3n) is 1.63. The Labute approximate surface area is 94.6 Å². The number of nitrogens with one attached hydrogen (secondary N) is 1. The lowest BCUT2D eigenvalue weighted by Gasteiger charge is -2.08. The Kier molecular flexibility index (Phi) is 3.93. The summed E-state index contributed by atoms with van der Waals surface area (Å²) < 4.78 is 39.1. The van der Waals surface area contributed by atoms with Gasteiger partial charge in [0.15, 0.2) is 6.61 Å². The molecule has 90 valence electrons. The summed E-state index contributed by atoms with van der Waals surface area (Å²) in [5.41, 5.74) is 0.621. The molecular weight excluding hydrogens is 237 g/mol. The van der Waals surface area contributed by atoms with Crippen LogP contribution >= 0.6 is 0 Å². The highest BCUT2D eigenvalue weighted by atomic mass is 19.4. The molecule has 0 radical (unpaired) electrons. The Balaban J connectivity index is 2.48. The van der Waals surface area contributed by atoms with Gasteiger partial charge in [-0.3, -0.25) is 5.32 Å². The maximum absolute atomic E-state index is 11.7. The van der Waals surface area contributed by atoms with E-state index in [0.29, 0.717) is 5.56 Å². The van der Waals surface area contributed by atoms with Gasteiger partial charge in [0.25, 0.3) is 0 Å². The minimum atomic E-state index is -4.55. The average molecular weight is 244 g/mol. The maximum atomic E-state index is 11.7. The lowest BCUT2D eigenvalue weighted by molar-refractivity contribution is -0.159. The first-order valence-electron chi connectivity index (χ1n) is 4.41. The summed E-state index contributed by atoms with van der Waals surface area (Å²) in [5, 5.41) is 10.6. The minimum absolute atomic E-state index is 0.246. The highest BCUT2D eigenvalue weighted by molar-refractivity contribution is 5.84. The van der Waals surface area contributed by atoms with Crippen molar-refractivity contribution in [2.75, 3.05) is 11.9 Å². The van der Waals surface area contributed by atoms with E-state index in [1.165, 1.54) is 24.3 Å². The van der Waals surface area contributed by atoms with Gasteiger partial charge >= 0.3 is 12.3 Å². The molecule has 0 aliphatic heterocycles. The van der Waals surface area contributed by atoms with Crippen molar-refractivity contribution >= 4 is 11.8 Å². The highest BCUT2D eigenvalue weighted by Crippen LogP contribution is 2.15. The van der Waals surface area contributed by atoms with Crippen molar-refractivity contribution in [3.63, 3.8) is 0 Å². The first-order chi connectivity index (χ1) is 7.90. The molecule has 0 bridgehead atoms. The Morgan fingerprint density at radius 1 is 1.35 bits per heavy atom. The number of hydrogen-bond acceptors (Lipinski definition) is 3. The molecule has 0 atom stereocenters. The lowest BCUT2D eigenvalue weighted by atomic mass is 10.2. The molecule has 0 fully saturated rings. The van der Waals surface area contributed by atoms with Gasteiger partial charge in [0.1, 0.15) is 0 Å². The van der Waals surface area contributed by atoms with E-state index in [0.717, 1.165) is 0 Å². The number of nitrogens with zero attached hydrogens (tertiary/aromatic N) is 1. The number of benzene rings is 1. The second-order valence-corrected chi connectivity index (χ2v) is 3.01. The second-order valence-electron chi connectivity index (χ2n) is 3.01. The summed E-state index contributed by atoms with van der Waals surface area (Å²) >= 11 is 0. The van der Waals surface area contributed by atoms with E-state index in [-0.39, 0.29) is 5.69 Å². The number of anilines is 1. The van der Waals surface area contributed by atoms with Gasteiger partial charge < -0.3 is 4.74 Å². The summed E-state index contributed by atoms with van der Waals surface area (Å²) in [6.45, 7) is -1.64. The lowest BCUT2D eigenvalue weighted by Crippen LogP contribution is -2.23. The molecule has 0 aliphatic rings. The third-order valence-corrected chi connectivity index (χ3v) is 1.63. The molecule has 17 heavy (non-hydrogen) atoms. The minimum Gasteiger partial charge on any atom is -0.440 e. The smallest absolute Gasteiger partial charge is 0.422 e. The largest absolute Gasteiger partial charge is 0.440 e. The fourth-order valence-corrected chi connectivity index (χ4v) is 0.929. The first-order valence-corrected chi connectivity index (χ1v) is 4.41. The van der Waals surface area contributed by atoms with Crippen LogP contribution in [0.4, 0.5) is 23.7 Å². The van der Waals surface area contributed by atoms with Crippen LogP contribution in [0.15, 0.2) is 24.3 Å². The molecule has 0 saturated heterocycles. The van der Waals surface area contributed by atoms with E-state index < -0.39 is 18.9 Å². The number of halogens is 3. The molecule has 4 nitrogen and oxygen atoms in total. The number of nitriles is 1. The normalized spacial score (nSPS) is 10.5. The van der Waals surface area contributed by atoms with Crippen LogP contribution in [0.25, 0.3) is 0 Å². The van der Waals surface area contributed by atoms with Gasteiger partial charge in [-0.15, -0.1) is 0 Å². The maximum Gasteiger partial charge on any atom is 0.422 e. The van der Waals surface area contributed by atoms with Gasteiger partial charge in [0.05, 0.1) is 11.6 Å². The Morgan fingerprint density at radius 2 is 1.94 bits per heavy atom. The van der Waals surface area contributed by atoms with Crippen molar-refractivity contribution in [2.24, 2.45) is 0 Å². The quantitative estimate of drug-likeness (QED) is 0.869. The van der Waals surface area contributed by atoms with Crippen LogP contribution in [0.1, 0.15) is 5.56 Å². The van der Waals surface area contributed by atoms with Gasteiger partial charge in [0, 0.05) is 5.69 Å². The van der Waals surface area contributed by atoms with Crippen molar-refractivity contribution in [3.8, 4) is 6.07 Å². The summed E-state index contributed by atoms with van der Waals surface area (Å²) in [6, 6.07) is 7.46. The fourth-order valence-electron chi connectivity index (χ4n) is 0.929. The molecule has 1 aromatic rings. The van der Waals surface area contributed by atoms with E-state index in [9.17, 15) is 18.0 Å². The van der Waals surface area contributed by atoms with Gasteiger partial charge in [0.2, 0.25) is 0 Å². The Morgan fingerprint density at radius 3 is 2.41 bits per heavy atom. The summed E-state index contributed by atoms with van der Waals surface area (Å²) in [6.07, 6.45) is -5.76. The SMILES string of the molecule is N#Cc1ccc(NC(=O)OCC(F)(F)F)cc1. The van der Waals surface area contributed by atoms with Crippen molar-refractivity contribution in [2.45, 2.75) is 6.18 Å². The molecule has 1 aromatic carbocycles. The van der Waals surface area contributed by atoms with Gasteiger partial charge in [-0.25, -0.2) is 4.79 Å². The molecule has 0 unspecified atom stereocenters. The predicted molar refractivity (Wildman–Crippen MR) is 52.2 cm³/mol. The molecule has 0 saturated carbocycles. The standard InChI is InChI=1S/C10H7F3N2O2/c11-10(12,13)6-17-9(16)15-8-3-1-7(5-14)2-4-8/h1-4H,6H2,(H,15,16). The van der Waals surface area contributed by atoms with Crippen molar-refractivity contribution in [1.29, 1.82) is 5.26 Å². The molecule has 1 N–H and O–H groups in total. The Bertz CT molecular complexity index is 434. The van der Waals surface area contributed by atoms with Crippen LogP contribution in [-0.2, 0) is 4.74 Å². The monoisotopic (exact) mass is 244 g/mol. The van der Waals surface area contributed by atoms with Gasteiger partial charge in [-0.1, -0.05) is 0 Å². The summed E-state index contributed by atoms with van der Waals surface area (Å²) in [7, 11) is 0. The van der Waals surface area contributed by atoms with E-state index >= 15 is 0 Å². The van der Waals surface area contributed by atoms with Crippen molar-refractivity contribution < 1.29 is 22.7 Å². The van der Waals surface area contributed by atoms with Gasteiger partial charge in [-0.05, 0) is 24.3 Å². The zero-order chi connectivity index (χ0) is 12.9. The van der Waals surface area contributed by atoms with Gasteiger partial charge in [-0.2, -0.15) is 18.4 Å². The molecule has 0 aliphatic carbocycles. The van der Waals surface area contributed by atoms with E-state index in [2.05, 4.69) is 10.1 Å². The van der Waals surface area contributed by atoms with Crippen LogP contribution in [0.2, 0.25) is 0 Å². The summed E-state index contributed by atoms with van der Waals surface area (Å²) in [5.74, 6) is 0. The molecular formula is C10H7F3N2O2. The van der Waals surface area contributed by atoms with Crippen LogP contribution in [0.5, 0.6) is 0 Å². The molecule has 0 heterocycles. The van der Waals surface area contributed by atoms with Crippen LogP contribution in [0, 0.1) is 11.3 Å². The fraction of sp³-hybridized carbons (Fsp3) is 0.200. The molecule has 0 aromatic heterocycles. The van der Waals surface area contributed by atoms with Crippen molar-refractivity contribution in [3.05, 3.63) is 29.8 Å². The molecule has 1 rings (SSSR count). The second kappa shape index (κ2) is 5.21. The number of alkyl halides is 3. The first kappa shape index (κ1) is 12.8. The number of ether oxygens (including phenoxy) is 1. The number of rotatable bonds is 2. The topological polar surface area (TPSA) is 62.1 Å². The number of amides is 1. The molecule has 0 spiro atoms. The van der Waals surface area contributed by atoms with Crippen LogP contribution < -0.4 is 5.32 Å². The summed E-state index contributed by atoms with van der Waals surface area (Å²) in [4.78, 5) is 10.9. The number of hydrogen-bond donors (Lipinski definition) is 1. The average Bonchev–Trinajstić information content (AvgIpc) is 2.27. The number of carbonyl (C=O) groups excluding carboxylic acids is 1. The zero-order valence-electron chi connectivity index (χ0n) is 8.41. The van der Waals surface area contributed by atoms with E-state index in [1.807, 2.05) is 6.07 Å². The zero-order valence-corrected chi connectivity index (χ0v) is 8.41. The molecule has 1 amide bonds. The molecule has 7 heteroatoms.